The quantitative estimate of drug-likeness (QED) is 0.928. The van der Waals surface area contributed by atoms with Crippen molar-refractivity contribution in [2.75, 3.05) is 16.8 Å². The maximum Gasteiger partial charge on any atom is 0.237 e. The Hall–Kier alpha value is -1.84. The van der Waals surface area contributed by atoms with E-state index >= 15 is 0 Å². The van der Waals surface area contributed by atoms with Gasteiger partial charge in [-0.1, -0.05) is 6.42 Å². The summed E-state index contributed by atoms with van der Waals surface area (Å²) in [6.07, 6.45) is 3.13. The summed E-state index contributed by atoms with van der Waals surface area (Å²) in [5.41, 5.74) is 2.24. The molecule has 1 aromatic rings. The highest BCUT2D eigenvalue weighted by molar-refractivity contribution is 6.08. The van der Waals surface area contributed by atoms with Crippen LogP contribution >= 0.6 is 0 Å². The third-order valence-electron chi connectivity index (χ3n) is 4.80. The Labute approximate surface area is 125 Å². The zero-order valence-corrected chi connectivity index (χ0v) is 12.9. The molecule has 2 aliphatic rings. The highest BCUT2D eigenvalue weighted by atomic mass is 16.2. The molecular weight excluding hydrogens is 264 g/mol. The summed E-state index contributed by atoms with van der Waals surface area (Å²) in [5.74, 6) is 0.401. The Balaban J connectivity index is 1.89. The maximum atomic E-state index is 12.5. The average Bonchev–Trinajstić information content (AvgIpc) is 2.56. The average molecular weight is 286 g/mol. The van der Waals surface area contributed by atoms with Crippen molar-refractivity contribution in [3.05, 3.63) is 23.8 Å². The molecule has 2 amide bonds. The van der Waals surface area contributed by atoms with E-state index in [0.29, 0.717) is 6.54 Å². The molecule has 4 heteroatoms. The molecule has 0 unspecified atom stereocenters. The number of benzene rings is 1. The normalized spacial score (nSPS) is 20.1. The van der Waals surface area contributed by atoms with Crippen LogP contribution in [0.25, 0.3) is 0 Å². The van der Waals surface area contributed by atoms with Crippen molar-refractivity contribution in [2.24, 2.45) is 5.92 Å². The minimum Gasteiger partial charge on any atom is -0.326 e. The summed E-state index contributed by atoms with van der Waals surface area (Å²) in [4.78, 5) is 26.3. The second-order valence-corrected chi connectivity index (χ2v) is 6.52. The van der Waals surface area contributed by atoms with Gasteiger partial charge in [-0.25, -0.2) is 0 Å². The van der Waals surface area contributed by atoms with E-state index in [9.17, 15) is 9.59 Å². The molecule has 3 rings (SSSR count). The molecule has 1 fully saturated rings. The first-order chi connectivity index (χ1) is 9.95. The molecule has 112 valence electrons. The van der Waals surface area contributed by atoms with Gasteiger partial charge in [-0.15, -0.1) is 0 Å². The molecule has 4 nitrogen and oxygen atoms in total. The first-order valence-electron chi connectivity index (χ1n) is 7.72. The first kappa shape index (κ1) is 14.1. The second kappa shape index (κ2) is 4.86. The number of amides is 2. The maximum absolute atomic E-state index is 12.5. The molecule has 1 aliphatic carbocycles. The van der Waals surface area contributed by atoms with Crippen LogP contribution in [0.15, 0.2) is 18.2 Å². The SMILES string of the molecule is CCN1C(=O)C(C)(C)c2cc(NC(=O)C3CCC3)ccc21. The summed E-state index contributed by atoms with van der Waals surface area (Å²) in [7, 11) is 0. The first-order valence-corrected chi connectivity index (χ1v) is 7.72. The Morgan fingerprint density at radius 1 is 1.38 bits per heavy atom. The molecule has 1 aliphatic heterocycles. The fraction of sp³-hybridized carbons (Fsp3) is 0.529. The lowest BCUT2D eigenvalue weighted by molar-refractivity contribution is -0.122. The van der Waals surface area contributed by atoms with Crippen molar-refractivity contribution >= 4 is 23.2 Å². The largest absolute Gasteiger partial charge is 0.326 e. The predicted octanol–water partition coefficient (Wildman–Crippen LogP) is 3.07. The van der Waals surface area contributed by atoms with Gasteiger partial charge in [0.15, 0.2) is 0 Å². The van der Waals surface area contributed by atoms with Crippen molar-refractivity contribution in [1.29, 1.82) is 0 Å². The number of hydrogen-bond donors (Lipinski definition) is 1. The minimum absolute atomic E-state index is 0.107. The smallest absolute Gasteiger partial charge is 0.237 e. The van der Waals surface area contributed by atoms with Crippen molar-refractivity contribution in [3.63, 3.8) is 0 Å². The van der Waals surface area contributed by atoms with E-state index in [1.165, 1.54) is 0 Å². The molecule has 0 aromatic heterocycles. The van der Waals surface area contributed by atoms with Gasteiger partial charge in [-0.2, -0.15) is 0 Å². The summed E-state index contributed by atoms with van der Waals surface area (Å²) >= 11 is 0. The fourth-order valence-corrected chi connectivity index (χ4v) is 3.14. The fourth-order valence-electron chi connectivity index (χ4n) is 3.14. The van der Waals surface area contributed by atoms with E-state index in [1.54, 1.807) is 0 Å². The van der Waals surface area contributed by atoms with Crippen molar-refractivity contribution in [2.45, 2.75) is 45.4 Å². The number of carbonyl (C=O) groups is 2. The number of likely N-dealkylation sites (N-methyl/N-ethyl adjacent to an activating group) is 1. The van der Waals surface area contributed by atoms with Crippen LogP contribution in [-0.4, -0.2) is 18.4 Å². The van der Waals surface area contributed by atoms with Crippen LogP contribution < -0.4 is 10.2 Å². The predicted molar refractivity (Wildman–Crippen MR) is 83.5 cm³/mol. The number of carbonyl (C=O) groups excluding carboxylic acids is 2. The van der Waals surface area contributed by atoms with Crippen molar-refractivity contribution in [1.82, 2.24) is 0 Å². The standard InChI is InChI=1S/C17H22N2O2/c1-4-19-14-9-8-12(18-15(20)11-6-5-7-11)10-13(14)17(2,3)16(19)21/h8-11H,4-7H2,1-3H3,(H,18,20). The topological polar surface area (TPSA) is 49.4 Å². The molecule has 1 saturated carbocycles. The number of anilines is 2. The van der Waals surface area contributed by atoms with Crippen LogP contribution in [0.1, 0.15) is 45.6 Å². The molecule has 0 saturated heterocycles. The summed E-state index contributed by atoms with van der Waals surface area (Å²) < 4.78 is 0. The lowest BCUT2D eigenvalue weighted by Gasteiger charge is -2.24. The van der Waals surface area contributed by atoms with Crippen LogP contribution in [0.3, 0.4) is 0 Å². The zero-order valence-electron chi connectivity index (χ0n) is 12.9. The number of rotatable bonds is 3. The van der Waals surface area contributed by atoms with Gasteiger partial charge in [0, 0.05) is 23.8 Å². The number of nitrogens with zero attached hydrogens (tertiary/aromatic N) is 1. The van der Waals surface area contributed by atoms with E-state index in [2.05, 4.69) is 5.32 Å². The highest BCUT2D eigenvalue weighted by Gasteiger charge is 2.43. The van der Waals surface area contributed by atoms with Crippen LogP contribution in [-0.2, 0) is 15.0 Å². The minimum atomic E-state index is -0.525. The lowest BCUT2D eigenvalue weighted by Crippen LogP contribution is -2.35. The third-order valence-corrected chi connectivity index (χ3v) is 4.80. The van der Waals surface area contributed by atoms with Crippen molar-refractivity contribution in [3.8, 4) is 0 Å². The summed E-state index contributed by atoms with van der Waals surface area (Å²) in [6.45, 7) is 6.54. The summed E-state index contributed by atoms with van der Waals surface area (Å²) in [5, 5.41) is 2.99. The molecule has 21 heavy (non-hydrogen) atoms. The van der Waals surface area contributed by atoms with Crippen LogP contribution in [0.2, 0.25) is 0 Å². The number of fused-ring (bicyclic) bond motifs is 1. The van der Waals surface area contributed by atoms with E-state index in [1.807, 2.05) is 43.9 Å². The molecule has 1 heterocycles. The van der Waals surface area contributed by atoms with E-state index in [-0.39, 0.29) is 17.7 Å². The summed E-state index contributed by atoms with van der Waals surface area (Å²) in [6, 6.07) is 5.80. The van der Waals surface area contributed by atoms with Gasteiger partial charge >= 0.3 is 0 Å². The molecule has 0 radical (unpaired) electrons. The van der Waals surface area contributed by atoms with Crippen molar-refractivity contribution < 1.29 is 9.59 Å². The Kier molecular flexibility index (Phi) is 3.27. The molecule has 1 N–H and O–H groups in total. The van der Waals surface area contributed by atoms with E-state index in [4.69, 9.17) is 0 Å². The Morgan fingerprint density at radius 3 is 2.67 bits per heavy atom. The molecule has 1 aromatic carbocycles. The van der Waals surface area contributed by atoms with Gasteiger partial charge in [-0.05, 0) is 57.4 Å². The van der Waals surface area contributed by atoms with Gasteiger partial charge in [0.25, 0.3) is 0 Å². The second-order valence-electron chi connectivity index (χ2n) is 6.52. The third kappa shape index (κ3) is 2.13. The monoisotopic (exact) mass is 286 g/mol. The van der Waals surface area contributed by atoms with Gasteiger partial charge in [0.1, 0.15) is 0 Å². The van der Waals surface area contributed by atoms with Crippen LogP contribution in [0.4, 0.5) is 11.4 Å². The highest BCUT2D eigenvalue weighted by Crippen LogP contribution is 2.42. The molecule has 0 spiro atoms. The molecule has 0 atom stereocenters. The molecule has 0 bridgehead atoms. The van der Waals surface area contributed by atoms with E-state index < -0.39 is 5.41 Å². The van der Waals surface area contributed by atoms with Crippen LogP contribution in [0, 0.1) is 5.92 Å². The van der Waals surface area contributed by atoms with E-state index in [0.717, 1.165) is 36.2 Å². The van der Waals surface area contributed by atoms with Gasteiger partial charge in [-0.3, -0.25) is 9.59 Å². The van der Waals surface area contributed by atoms with Gasteiger partial charge < -0.3 is 10.2 Å². The molecular formula is C17H22N2O2. The van der Waals surface area contributed by atoms with Crippen LogP contribution in [0.5, 0.6) is 0 Å². The Bertz CT molecular complexity index is 603. The van der Waals surface area contributed by atoms with Gasteiger partial charge in [0.2, 0.25) is 11.8 Å². The van der Waals surface area contributed by atoms with Gasteiger partial charge in [0.05, 0.1) is 5.41 Å². The number of hydrogen-bond acceptors (Lipinski definition) is 2. The number of nitrogens with one attached hydrogen (secondary N) is 1. The zero-order chi connectivity index (χ0) is 15.2. The Morgan fingerprint density at radius 2 is 2.10 bits per heavy atom. The lowest BCUT2D eigenvalue weighted by atomic mass is 9.84.